The lowest BCUT2D eigenvalue weighted by Gasteiger charge is -2.18. The van der Waals surface area contributed by atoms with E-state index in [-0.39, 0.29) is 11.9 Å². The van der Waals surface area contributed by atoms with Crippen molar-refractivity contribution in [2.45, 2.75) is 25.9 Å². The van der Waals surface area contributed by atoms with Crippen LogP contribution in [0, 0.1) is 0 Å². The molecule has 0 aliphatic rings. The Balaban J connectivity index is 1.82. The van der Waals surface area contributed by atoms with E-state index >= 15 is 0 Å². The van der Waals surface area contributed by atoms with Gasteiger partial charge in [0.05, 0.1) is 11.6 Å². The van der Waals surface area contributed by atoms with Gasteiger partial charge in [0, 0.05) is 5.02 Å². The number of oxazole rings is 1. The zero-order valence-electron chi connectivity index (χ0n) is 13.3. The van der Waals surface area contributed by atoms with E-state index in [0.717, 1.165) is 5.56 Å². The first-order valence-electron chi connectivity index (χ1n) is 7.63. The van der Waals surface area contributed by atoms with Gasteiger partial charge < -0.3 is 9.73 Å². The number of carbonyl (C=O) groups is 1. The second-order valence-electron chi connectivity index (χ2n) is 5.66. The summed E-state index contributed by atoms with van der Waals surface area (Å²) in [5.41, 5.74) is 2.00. The molecule has 0 saturated carbocycles. The average Bonchev–Trinajstić information content (AvgIpc) is 2.90. The minimum Gasteiger partial charge on any atom is -0.408 e. The molecule has 2 unspecified atom stereocenters. The molecule has 1 heterocycles. The number of aromatic nitrogens is 1. The second-order valence-corrected chi connectivity index (χ2v) is 6.10. The van der Waals surface area contributed by atoms with E-state index in [4.69, 9.17) is 16.0 Å². The smallest absolute Gasteiger partial charge is 0.408 e. The van der Waals surface area contributed by atoms with E-state index < -0.39 is 11.8 Å². The van der Waals surface area contributed by atoms with Crippen molar-refractivity contribution in [1.82, 2.24) is 9.88 Å². The number of hydrogen-bond acceptors (Lipinski definition) is 3. The predicted molar refractivity (Wildman–Crippen MR) is 93.2 cm³/mol. The summed E-state index contributed by atoms with van der Waals surface area (Å²) >= 11 is 5.88. The van der Waals surface area contributed by atoms with Crippen molar-refractivity contribution in [3.63, 3.8) is 0 Å². The fraction of sp³-hybridized carbons (Fsp3) is 0.222. The number of nitrogens with zero attached hydrogens (tertiary/aromatic N) is 1. The molecular weight excluding hydrogens is 328 g/mol. The van der Waals surface area contributed by atoms with E-state index in [9.17, 15) is 9.59 Å². The molecule has 5 nitrogen and oxygen atoms in total. The first kappa shape index (κ1) is 16.3. The minimum atomic E-state index is -0.684. The second kappa shape index (κ2) is 6.53. The maximum Gasteiger partial charge on any atom is 0.420 e. The molecule has 2 aromatic carbocycles. The van der Waals surface area contributed by atoms with Crippen molar-refractivity contribution in [3.8, 4) is 0 Å². The van der Waals surface area contributed by atoms with E-state index in [2.05, 4.69) is 5.32 Å². The summed E-state index contributed by atoms with van der Waals surface area (Å²) in [7, 11) is 0. The first-order chi connectivity index (χ1) is 11.5. The van der Waals surface area contributed by atoms with Crippen molar-refractivity contribution >= 4 is 28.6 Å². The molecular formula is C18H17ClN2O3. The van der Waals surface area contributed by atoms with Gasteiger partial charge in [0.15, 0.2) is 5.58 Å². The van der Waals surface area contributed by atoms with Gasteiger partial charge in [-0.05, 0) is 43.7 Å². The number of hydrogen-bond donors (Lipinski definition) is 1. The molecule has 0 bridgehead atoms. The summed E-state index contributed by atoms with van der Waals surface area (Å²) in [6, 6.07) is 13.4. The molecule has 124 valence electrons. The van der Waals surface area contributed by atoms with Crippen LogP contribution in [0.1, 0.15) is 31.5 Å². The molecule has 24 heavy (non-hydrogen) atoms. The highest BCUT2D eigenvalue weighted by Crippen LogP contribution is 2.19. The van der Waals surface area contributed by atoms with Gasteiger partial charge in [0.25, 0.3) is 0 Å². The molecule has 3 aromatic rings. The zero-order valence-corrected chi connectivity index (χ0v) is 14.1. The summed E-state index contributed by atoms with van der Waals surface area (Å²) in [6.45, 7) is 3.55. The van der Waals surface area contributed by atoms with Crippen molar-refractivity contribution in [2.24, 2.45) is 0 Å². The molecule has 0 aliphatic carbocycles. The van der Waals surface area contributed by atoms with Crippen LogP contribution in [0.3, 0.4) is 0 Å². The molecule has 0 radical (unpaired) electrons. The molecule has 0 fully saturated rings. The molecule has 1 aromatic heterocycles. The highest BCUT2D eigenvalue weighted by atomic mass is 35.5. The van der Waals surface area contributed by atoms with E-state index in [1.165, 1.54) is 4.57 Å². The third-order valence-electron chi connectivity index (χ3n) is 4.01. The number of nitrogens with one attached hydrogen (secondary N) is 1. The fourth-order valence-corrected chi connectivity index (χ4v) is 2.76. The van der Waals surface area contributed by atoms with Gasteiger partial charge in [-0.15, -0.1) is 0 Å². The molecule has 0 saturated heterocycles. The van der Waals surface area contributed by atoms with Gasteiger partial charge in [0.1, 0.15) is 6.04 Å². The van der Waals surface area contributed by atoms with Crippen LogP contribution in [0.5, 0.6) is 0 Å². The Hall–Kier alpha value is -2.53. The molecule has 1 N–H and O–H groups in total. The van der Waals surface area contributed by atoms with Crippen molar-refractivity contribution < 1.29 is 9.21 Å². The lowest BCUT2D eigenvalue weighted by molar-refractivity contribution is -0.124. The Bertz CT molecular complexity index is 927. The van der Waals surface area contributed by atoms with Gasteiger partial charge in [-0.2, -0.15) is 0 Å². The Morgan fingerprint density at radius 2 is 1.79 bits per heavy atom. The van der Waals surface area contributed by atoms with E-state index in [1.54, 1.807) is 43.3 Å². The van der Waals surface area contributed by atoms with Crippen molar-refractivity contribution in [2.75, 3.05) is 0 Å². The van der Waals surface area contributed by atoms with Gasteiger partial charge in [0.2, 0.25) is 5.91 Å². The van der Waals surface area contributed by atoms with E-state index in [0.29, 0.717) is 16.1 Å². The number of para-hydroxylation sites is 2. The zero-order chi connectivity index (χ0) is 17.3. The topological polar surface area (TPSA) is 64.2 Å². The summed E-state index contributed by atoms with van der Waals surface area (Å²) in [4.78, 5) is 24.6. The number of benzene rings is 2. The van der Waals surface area contributed by atoms with Crippen molar-refractivity contribution in [1.29, 1.82) is 0 Å². The lowest BCUT2D eigenvalue weighted by Crippen LogP contribution is -2.35. The third-order valence-corrected chi connectivity index (χ3v) is 4.27. The van der Waals surface area contributed by atoms with Crippen LogP contribution in [-0.4, -0.2) is 10.5 Å². The first-order valence-corrected chi connectivity index (χ1v) is 8.01. The Kier molecular flexibility index (Phi) is 4.44. The highest BCUT2D eigenvalue weighted by Gasteiger charge is 2.22. The Labute approximate surface area is 143 Å². The maximum atomic E-state index is 12.5. The highest BCUT2D eigenvalue weighted by molar-refractivity contribution is 6.30. The summed E-state index contributed by atoms with van der Waals surface area (Å²) in [5, 5.41) is 3.55. The number of rotatable bonds is 4. The van der Waals surface area contributed by atoms with Crippen LogP contribution >= 0.6 is 11.6 Å². The summed E-state index contributed by atoms with van der Waals surface area (Å²) in [5.74, 6) is -0.802. The summed E-state index contributed by atoms with van der Waals surface area (Å²) < 4.78 is 6.55. The monoisotopic (exact) mass is 344 g/mol. The van der Waals surface area contributed by atoms with Crippen molar-refractivity contribution in [3.05, 3.63) is 69.7 Å². The number of amides is 1. The molecule has 0 spiro atoms. The lowest BCUT2D eigenvalue weighted by atomic mass is 10.1. The Morgan fingerprint density at radius 1 is 1.12 bits per heavy atom. The molecule has 3 rings (SSSR count). The fourth-order valence-electron chi connectivity index (χ4n) is 2.64. The number of carbonyl (C=O) groups excluding carboxylic acids is 1. The van der Waals surface area contributed by atoms with Gasteiger partial charge in [-0.25, -0.2) is 4.79 Å². The van der Waals surface area contributed by atoms with Gasteiger partial charge in [-0.3, -0.25) is 9.36 Å². The minimum absolute atomic E-state index is 0.203. The predicted octanol–water partition coefficient (Wildman–Crippen LogP) is 3.69. The van der Waals surface area contributed by atoms with Crippen LogP contribution in [0.4, 0.5) is 0 Å². The average molecular weight is 345 g/mol. The standard InChI is InChI=1S/C18H17ClN2O3/c1-11(13-7-9-14(19)10-8-13)20-17(22)12(2)21-15-5-3-4-6-16(15)24-18(21)23/h3-12H,1-2H3,(H,20,22). The summed E-state index contributed by atoms with van der Waals surface area (Å²) in [6.07, 6.45) is 0. The molecule has 1 amide bonds. The SMILES string of the molecule is CC(NC(=O)C(C)n1c(=O)oc2ccccc21)c1ccc(Cl)cc1. The normalized spacial score (nSPS) is 13.6. The van der Waals surface area contributed by atoms with Gasteiger partial charge in [-0.1, -0.05) is 35.9 Å². The van der Waals surface area contributed by atoms with Crippen LogP contribution in [-0.2, 0) is 4.79 Å². The maximum absolute atomic E-state index is 12.5. The molecule has 6 heteroatoms. The quantitative estimate of drug-likeness (QED) is 0.785. The van der Waals surface area contributed by atoms with Gasteiger partial charge >= 0.3 is 5.76 Å². The molecule has 2 atom stereocenters. The van der Waals surface area contributed by atoms with Crippen LogP contribution in [0.2, 0.25) is 5.02 Å². The Morgan fingerprint density at radius 3 is 2.50 bits per heavy atom. The largest absolute Gasteiger partial charge is 0.420 e. The van der Waals surface area contributed by atoms with Crippen LogP contribution < -0.4 is 11.1 Å². The number of halogens is 1. The van der Waals surface area contributed by atoms with E-state index in [1.807, 2.05) is 19.1 Å². The molecule has 0 aliphatic heterocycles. The number of fused-ring (bicyclic) bond motifs is 1. The third kappa shape index (κ3) is 3.08. The van der Waals surface area contributed by atoms with Crippen LogP contribution in [0.15, 0.2) is 57.7 Å². The van der Waals surface area contributed by atoms with Crippen LogP contribution in [0.25, 0.3) is 11.1 Å².